The summed E-state index contributed by atoms with van der Waals surface area (Å²) in [6, 6.07) is -0.372. The summed E-state index contributed by atoms with van der Waals surface area (Å²) in [7, 11) is 0. The second-order valence-corrected chi connectivity index (χ2v) is 1.92. The minimum Gasteiger partial charge on any atom is -0.239 e. The molecule has 0 aliphatic rings. The van der Waals surface area contributed by atoms with E-state index in [9.17, 15) is 4.39 Å². The van der Waals surface area contributed by atoms with Crippen LogP contribution in [0, 0.1) is 0 Å². The summed E-state index contributed by atoms with van der Waals surface area (Å²) in [6.45, 7) is 0. The molecule has 0 radical (unpaired) electrons. The third-order valence-corrected chi connectivity index (χ3v) is 0.926. The van der Waals surface area contributed by atoms with Gasteiger partial charge in [0.1, 0.15) is 6.01 Å². The van der Waals surface area contributed by atoms with Gasteiger partial charge in [0.05, 0.1) is 5.21 Å². The van der Waals surface area contributed by atoms with E-state index in [2.05, 4.69) is 0 Å². The molecule has 0 bridgehead atoms. The maximum absolute atomic E-state index is 10.9. The predicted molar refractivity (Wildman–Crippen MR) is 24.3 cm³/mol. The van der Waals surface area contributed by atoms with Crippen molar-refractivity contribution in [2.75, 3.05) is 11.2 Å². The lowest BCUT2D eigenvalue weighted by molar-refractivity contribution is 0.606. The first-order chi connectivity index (χ1) is 2.41. The van der Waals surface area contributed by atoms with Crippen molar-refractivity contribution >= 4 is 23.4 Å². The van der Waals surface area contributed by atoms with Crippen molar-refractivity contribution in [2.45, 2.75) is 0 Å². The number of hydrogen-bond donors (Lipinski definition) is 0. The Morgan fingerprint density at radius 2 is 2.40 bits per heavy atom. The highest BCUT2D eigenvalue weighted by molar-refractivity contribution is 8.00. The third kappa shape index (κ3) is 4.57. The van der Waals surface area contributed by atoms with Gasteiger partial charge in [-0.2, -0.15) is 0 Å². The van der Waals surface area contributed by atoms with E-state index in [1.54, 1.807) is 0 Å². The van der Waals surface area contributed by atoms with Gasteiger partial charge in [0.25, 0.3) is 0 Å². The van der Waals surface area contributed by atoms with E-state index in [1.165, 1.54) is 0 Å². The van der Waals surface area contributed by atoms with Gasteiger partial charge in [-0.25, -0.2) is 4.39 Å². The van der Waals surface area contributed by atoms with E-state index < -0.39 is 0 Å². The van der Waals surface area contributed by atoms with Crippen LogP contribution in [0.15, 0.2) is 0 Å². The second kappa shape index (κ2) is 4.57. The molecule has 0 spiro atoms. The third-order valence-electron chi connectivity index (χ3n) is 0.154. The number of alkyl halides is 2. The molecule has 0 saturated carbocycles. The summed E-state index contributed by atoms with van der Waals surface area (Å²) in [4.78, 5) is 0. The Hall–Kier alpha value is 0.570. The Morgan fingerprint density at radius 3 is 2.40 bits per heavy atom. The van der Waals surface area contributed by atoms with Crippen molar-refractivity contribution in [3.05, 3.63) is 0 Å². The Morgan fingerprint density at radius 1 is 1.80 bits per heavy atom. The van der Waals surface area contributed by atoms with Gasteiger partial charge in [-0.3, -0.25) is 0 Å². The lowest BCUT2D eigenvalue weighted by Gasteiger charge is -1.75. The average molecular weight is 115 g/mol. The molecule has 0 aromatic carbocycles. The Labute approximate surface area is 39.7 Å². The zero-order chi connectivity index (χ0) is 4.12. The molecule has 5 heavy (non-hydrogen) atoms. The molecular formula is C2H4ClFS. The van der Waals surface area contributed by atoms with Crippen LogP contribution < -0.4 is 0 Å². The van der Waals surface area contributed by atoms with Crippen LogP contribution in [0.2, 0.25) is 0 Å². The maximum atomic E-state index is 10.9. The monoisotopic (exact) mass is 114 g/mol. The summed E-state index contributed by atoms with van der Waals surface area (Å²) < 4.78 is 10.9. The van der Waals surface area contributed by atoms with Gasteiger partial charge in [0, 0.05) is 0 Å². The van der Waals surface area contributed by atoms with E-state index in [-0.39, 0.29) is 6.01 Å². The minimum atomic E-state index is -0.372. The highest BCUT2D eigenvalue weighted by Gasteiger charge is 1.72. The number of halogens is 2. The molecule has 0 heterocycles. The van der Waals surface area contributed by atoms with Crippen LogP contribution in [-0.4, -0.2) is 11.2 Å². The predicted octanol–water partition coefficient (Wildman–Crippen LogP) is 1.84. The van der Waals surface area contributed by atoms with Gasteiger partial charge in [-0.1, -0.05) is 0 Å². The van der Waals surface area contributed by atoms with Crippen molar-refractivity contribution < 1.29 is 4.39 Å². The van der Waals surface area contributed by atoms with Gasteiger partial charge in [0.2, 0.25) is 0 Å². The summed E-state index contributed by atoms with van der Waals surface area (Å²) >= 11 is 6.09. The molecule has 0 aromatic rings. The van der Waals surface area contributed by atoms with Crippen molar-refractivity contribution in [2.24, 2.45) is 0 Å². The zero-order valence-corrected chi connectivity index (χ0v) is 4.15. The van der Waals surface area contributed by atoms with Gasteiger partial charge in [-0.15, -0.1) is 23.4 Å². The molecule has 0 fully saturated rings. The molecule has 0 amide bonds. The van der Waals surface area contributed by atoms with E-state index in [4.69, 9.17) is 11.6 Å². The van der Waals surface area contributed by atoms with Crippen molar-refractivity contribution in [1.29, 1.82) is 0 Å². The van der Waals surface area contributed by atoms with Crippen LogP contribution in [0.3, 0.4) is 0 Å². The van der Waals surface area contributed by atoms with Crippen LogP contribution in [0.5, 0.6) is 0 Å². The summed E-state index contributed by atoms with van der Waals surface area (Å²) in [5.41, 5.74) is 0. The molecule has 32 valence electrons. The van der Waals surface area contributed by atoms with Crippen LogP contribution in [0.1, 0.15) is 0 Å². The van der Waals surface area contributed by atoms with E-state index in [0.717, 1.165) is 11.8 Å². The quantitative estimate of drug-likeness (QED) is 0.494. The SMILES string of the molecule is FCSCCl. The van der Waals surface area contributed by atoms with Crippen LogP contribution in [0.4, 0.5) is 4.39 Å². The van der Waals surface area contributed by atoms with Crippen LogP contribution in [-0.2, 0) is 0 Å². The molecule has 0 aromatic heterocycles. The fourth-order valence-electron chi connectivity index (χ4n) is 0.0292. The Kier molecular flexibility index (Phi) is 5.09. The molecule has 0 unspecified atom stereocenters. The fourth-order valence-corrected chi connectivity index (χ4v) is 0.262. The van der Waals surface area contributed by atoms with Gasteiger partial charge in [0.15, 0.2) is 0 Å². The number of hydrogen-bond acceptors (Lipinski definition) is 1. The highest BCUT2D eigenvalue weighted by atomic mass is 35.5. The van der Waals surface area contributed by atoms with Gasteiger partial charge in [-0.05, 0) is 0 Å². The zero-order valence-electron chi connectivity index (χ0n) is 2.58. The summed E-state index contributed by atoms with van der Waals surface area (Å²) in [5, 5.41) is 0.358. The van der Waals surface area contributed by atoms with E-state index >= 15 is 0 Å². The molecule has 3 heteroatoms. The van der Waals surface area contributed by atoms with E-state index in [0.29, 0.717) is 5.21 Å². The standard InChI is InChI=1S/C2H4ClFS/c3-1-5-2-4/h1-2H2. The average Bonchev–Trinajstić information content (AvgIpc) is 1.41. The lowest BCUT2D eigenvalue weighted by atomic mass is 11.8. The van der Waals surface area contributed by atoms with E-state index in [1.807, 2.05) is 0 Å². The maximum Gasteiger partial charge on any atom is 0.136 e. The first kappa shape index (κ1) is 5.57. The Bertz CT molecular complexity index is 17.1. The summed E-state index contributed by atoms with van der Waals surface area (Å²) in [6.07, 6.45) is 0. The fraction of sp³-hybridized carbons (Fsp3) is 1.00. The van der Waals surface area contributed by atoms with Crippen molar-refractivity contribution in [3.63, 3.8) is 0 Å². The molecule has 0 aliphatic carbocycles. The molecule has 0 N–H and O–H groups in total. The van der Waals surface area contributed by atoms with Crippen LogP contribution in [0.25, 0.3) is 0 Å². The molecule has 0 saturated heterocycles. The molecule has 0 nitrogen and oxygen atoms in total. The number of rotatable bonds is 2. The van der Waals surface area contributed by atoms with Gasteiger partial charge < -0.3 is 0 Å². The molecule has 0 atom stereocenters. The topological polar surface area (TPSA) is 0 Å². The molecule has 0 rings (SSSR count). The normalized spacial score (nSPS) is 8.40. The van der Waals surface area contributed by atoms with Crippen molar-refractivity contribution in [3.8, 4) is 0 Å². The lowest BCUT2D eigenvalue weighted by Crippen LogP contribution is -1.57. The second-order valence-electron chi connectivity index (χ2n) is 0.422. The molecule has 0 aliphatic heterocycles. The number of thioether (sulfide) groups is 1. The largest absolute Gasteiger partial charge is 0.239 e. The highest BCUT2D eigenvalue weighted by Crippen LogP contribution is 1.99. The Balaban J connectivity index is 2.19. The first-order valence-corrected chi connectivity index (χ1v) is 2.80. The van der Waals surface area contributed by atoms with Crippen LogP contribution >= 0.6 is 23.4 Å². The first-order valence-electron chi connectivity index (χ1n) is 1.11. The molecular weight excluding hydrogens is 111 g/mol. The smallest absolute Gasteiger partial charge is 0.136 e. The van der Waals surface area contributed by atoms with Gasteiger partial charge >= 0.3 is 0 Å². The van der Waals surface area contributed by atoms with Crippen molar-refractivity contribution in [1.82, 2.24) is 0 Å². The minimum absolute atomic E-state index is 0.358. The summed E-state index contributed by atoms with van der Waals surface area (Å²) in [5.74, 6) is 0.